The van der Waals surface area contributed by atoms with Crippen molar-refractivity contribution in [3.63, 3.8) is 0 Å². The fourth-order valence-corrected chi connectivity index (χ4v) is 5.56. The maximum absolute atomic E-state index is 5.89. The van der Waals surface area contributed by atoms with Gasteiger partial charge < -0.3 is 4.90 Å². The monoisotopic (exact) mass is 465 g/mol. The number of likely N-dealkylation sites (tertiary alicyclic amines) is 1. The molecular weight excluding hydrogens is 438 g/mol. The van der Waals surface area contributed by atoms with E-state index in [0.717, 1.165) is 43.6 Å². The number of nitrogens with two attached hydrogens (primary N) is 1. The third-order valence-corrected chi connectivity index (χ3v) is 7.70. The van der Waals surface area contributed by atoms with Gasteiger partial charge in [-0.1, -0.05) is 54.6 Å². The van der Waals surface area contributed by atoms with Gasteiger partial charge in [0.1, 0.15) is 0 Å². The Labute approximate surface area is 203 Å². The molecule has 0 atom stereocenters. The van der Waals surface area contributed by atoms with Crippen LogP contribution in [0.15, 0.2) is 84.1 Å². The molecule has 34 heavy (non-hydrogen) atoms. The van der Waals surface area contributed by atoms with E-state index in [1.807, 2.05) is 23.0 Å². The van der Waals surface area contributed by atoms with Crippen LogP contribution in [0.3, 0.4) is 0 Å². The fourth-order valence-electron chi connectivity index (χ4n) is 5.11. The molecule has 1 saturated heterocycles. The Kier molecular flexibility index (Phi) is 5.57. The van der Waals surface area contributed by atoms with E-state index < -0.39 is 0 Å². The third-order valence-electron chi connectivity index (χ3n) is 7.09. The van der Waals surface area contributed by atoms with Crippen molar-refractivity contribution in [2.24, 2.45) is 5.14 Å². The largest absolute Gasteiger partial charge is 0.306 e. The van der Waals surface area contributed by atoms with Crippen molar-refractivity contribution in [3.8, 4) is 22.3 Å². The van der Waals surface area contributed by atoms with Crippen molar-refractivity contribution in [2.75, 3.05) is 20.1 Å². The number of hydrogen-bond acceptors (Lipinski definition) is 5. The lowest BCUT2D eigenvalue weighted by atomic mass is 9.89. The van der Waals surface area contributed by atoms with Gasteiger partial charge in [0.25, 0.3) is 0 Å². The molecular formula is C28H27N5S. The maximum atomic E-state index is 5.89. The van der Waals surface area contributed by atoms with E-state index in [9.17, 15) is 0 Å². The number of aromatic nitrogens is 3. The van der Waals surface area contributed by atoms with E-state index in [-0.39, 0.29) is 0 Å². The molecule has 0 amide bonds. The van der Waals surface area contributed by atoms with Gasteiger partial charge in [0.15, 0.2) is 5.65 Å². The summed E-state index contributed by atoms with van der Waals surface area (Å²) in [6, 6.07) is 21.6. The maximum Gasteiger partial charge on any atom is 0.162 e. The normalized spacial score (nSPS) is 15.4. The topological polar surface area (TPSA) is 59.5 Å². The summed E-state index contributed by atoms with van der Waals surface area (Å²) in [6.45, 7) is 2.36. The van der Waals surface area contributed by atoms with Crippen LogP contribution in [-0.2, 0) is 0 Å². The van der Waals surface area contributed by atoms with Crippen LogP contribution >= 0.6 is 11.9 Å². The Morgan fingerprint density at radius 3 is 2.38 bits per heavy atom. The Bertz CT molecular complexity index is 1470. The summed E-state index contributed by atoms with van der Waals surface area (Å²) < 4.78 is 1.88. The van der Waals surface area contributed by atoms with Gasteiger partial charge >= 0.3 is 0 Å². The number of piperidine rings is 1. The van der Waals surface area contributed by atoms with Gasteiger partial charge in [0.2, 0.25) is 0 Å². The number of hydrogen-bond donors (Lipinski definition) is 1. The fraction of sp³-hybridized carbons (Fsp3) is 0.214. The van der Waals surface area contributed by atoms with Gasteiger partial charge in [-0.15, -0.1) is 0 Å². The van der Waals surface area contributed by atoms with Gasteiger partial charge in [-0.25, -0.2) is 9.50 Å². The molecule has 6 heteroatoms. The molecule has 5 aromatic rings. The number of rotatable bonds is 4. The highest BCUT2D eigenvalue weighted by Crippen LogP contribution is 2.35. The van der Waals surface area contributed by atoms with Crippen LogP contribution in [0.5, 0.6) is 0 Å². The van der Waals surface area contributed by atoms with Crippen molar-refractivity contribution in [2.45, 2.75) is 23.7 Å². The first-order valence-corrected chi connectivity index (χ1v) is 12.6. The molecule has 0 bridgehead atoms. The summed E-state index contributed by atoms with van der Waals surface area (Å²) in [7, 11) is 2.21. The predicted octanol–water partition coefficient (Wildman–Crippen LogP) is 5.99. The first-order valence-electron chi connectivity index (χ1n) is 11.7. The van der Waals surface area contributed by atoms with E-state index in [0.29, 0.717) is 5.92 Å². The van der Waals surface area contributed by atoms with Crippen LogP contribution < -0.4 is 5.14 Å². The van der Waals surface area contributed by atoms with E-state index in [4.69, 9.17) is 10.1 Å². The van der Waals surface area contributed by atoms with Crippen molar-refractivity contribution in [1.82, 2.24) is 19.5 Å². The zero-order valence-electron chi connectivity index (χ0n) is 19.2. The van der Waals surface area contributed by atoms with Crippen molar-refractivity contribution < 1.29 is 0 Å². The molecule has 0 spiro atoms. The highest BCUT2D eigenvalue weighted by atomic mass is 32.2. The predicted molar refractivity (Wildman–Crippen MR) is 141 cm³/mol. The molecule has 0 unspecified atom stereocenters. The van der Waals surface area contributed by atoms with Crippen LogP contribution in [0.1, 0.15) is 24.3 Å². The lowest BCUT2D eigenvalue weighted by Crippen LogP contribution is -2.29. The van der Waals surface area contributed by atoms with Crippen molar-refractivity contribution in [3.05, 3.63) is 84.8 Å². The van der Waals surface area contributed by atoms with Gasteiger partial charge in [0.05, 0.1) is 6.20 Å². The summed E-state index contributed by atoms with van der Waals surface area (Å²) in [5.74, 6) is 0.665. The first-order chi connectivity index (χ1) is 16.7. The zero-order chi connectivity index (χ0) is 23.1. The molecule has 0 radical (unpaired) electrons. The van der Waals surface area contributed by atoms with Gasteiger partial charge in [-0.3, -0.25) is 5.14 Å². The van der Waals surface area contributed by atoms with E-state index in [2.05, 4.69) is 77.8 Å². The lowest BCUT2D eigenvalue weighted by Gasteiger charge is -2.29. The average Bonchev–Trinajstić information content (AvgIpc) is 3.32. The highest BCUT2D eigenvalue weighted by molar-refractivity contribution is 7.97. The van der Waals surface area contributed by atoms with Crippen molar-refractivity contribution in [1.29, 1.82) is 0 Å². The van der Waals surface area contributed by atoms with Gasteiger partial charge in [-0.05, 0) is 84.4 Å². The van der Waals surface area contributed by atoms with Gasteiger partial charge in [-0.2, -0.15) is 5.10 Å². The second-order valence-electron chi connectivity index (χ2n) is 9.14. The summed E-state index contributed by atoms with van der Waals surface area (Å²) in [6.07, 6.45) is 8.41. The quantitative estimate of drug-likeness (QED) is 0.330. The second kappa shape index (κ2) is 8.87. The smallest absolute Gasteiger partial charge is 0.162 e. The Balaban J connectivity index is 1.33. The lowest BCUT2D eigenvalue weighted by molar-refractivity contribution is 0.255. The molecule has 2 N–H and O–H groups in total. The summed E-state index contributed by atoms with van der Waals surface area (Å²) in [5.41, 5.74) is 6.66. The van der Waals surface area contributed by atoms with E-state index >= 15 is 0 Å². The molecule has 3 aromatic carbocycles. The molecule has 1 aliphatic rings. The number of benzene rings is 3. The second-order valence-corrected chi connectivity index (χ2v) is 9.82. The van der Waals surface area contributed by atoms with Crippen LogP contribution in [0.25, 0.3) is 38.7 Å². The number of fused-ring (bicyclic) bond motifs is 2. The minimum absolute atomic E-state index is 0.665. The molecule has 5 nitrogen and oxygen atoms in total. The SMILES string of the molecule is CN1CCC(c2ccc(-c3cnc4c(-c5ccc(SN)c6ccccc56)cnn4c3)cc2)CC1. The van der Waals surface area contributed by atoms with E-state index in [1.54, 1.807) is 0 Å². The van der Waals surface area contributed by atoms with Crippen molar-refractivity contribution >= 4 is 28.4 Å². The van der Waals surface area contributed by atoms with Crippen LogP contribution in [0, 0.1) is 0 Å². The Morgan fingerprint density at radius 1 is 0.853 bits per heavy atom. The van der Waals surface area contributed by atoms with Gasteiger partial charge in [0, 0.05) is 28.4 Å². The molecule has 3 heterocycles. The summed E-state index contributed by atoms with van der Waals surface area (Å²) in [5, 5.41) is 12.8. The minimum atomic E-state index is 0.665. The Hall–Kier alpha value is -3.19. The standard InChI is InChI=1S/C28H27N5S/c1-32-14-12-21(13-15-32)19-6-8-20(9-7-19)22-16-30-28-26(17-31-33(28)18-22)24-10-11-27(34-29)25-5-3-2-4-23(24)25/h2-11,16-18,21H,12-15,29H2,1H3. The summed E-state index contributed by atoms with van der Waals surface area (Å²) in [4.78, 5) is 8.31. The molecule has 0 aliphatic carbocycles. The first kappa shape index (κ1) is 21.4. The number of nitrogens with zero attached hydrogens (tertiary/aromatic N) is 4. The molecule has 1 fully saturated rings. The molecule has 170 valence electrons. The molecule has 1 aliphatic heterocycles. The highest BCUT2D eigenvalue weighted by Gasteiger charge is 2.18. The average molecular weight is 466 g/mol. The Morgan fingerprint density at radius 2 is 1.62 bits per heavy atom. The zero-order valence-corrected chi connectivity index (χ0v) is 20.0. The molecule has 6 rings (SSSR count). The van der Waals surface area contributed by atoms with Crippen LogP contribution in [-0.4, -0.2) is 39.6 Å². The molecule has 2 aromatic heterocycles. The van der Waals surface area contributed by atoms with Crippen LogP contribution in [0.2, 0.25) is 0 Å². The molecule has 0 saturated carbocycles. The summed E-state index contributed by atoms with van der Waals surface area (Å²) >= 11 is 1.28. The minimum Gasteiger partial charge on any atom is -0.306 e. The third kappa shape index (κ3) is 3.78. The van der Waals surface area contributed by atoms with E-state index in [1.165, 1.54) is 43.4 Å². The van der Waals surface area contributed by atoms with Crippen LogP contribution in [0.4, 0.5) is 0 Å².